The van der Waals surface area contributed by atoms with Gasteiger partial charge >= 0.3 is 5.97 Å². The van der Waals surface area contributed by atoms with Crippen molar-refractivity contribution in [3.05, 3.63) is 61.2 Å². The summed E-state index contributed by atoms with van der Waals surface area (Å²) in [6.45, 7) is 13.1. The van der Waals surface area contributed by atoms with Gasteiger partial charge in [0, 0.05) is 45.7 Å². The van der Waals surface area contributed by atoms with E-state index in [9.17, 15) is 24.3 Å². The summed E-state index contributed by atoms with van der Waals surface area (Å²) in [4.78, 5) is 60.6. The standard InChI is InChI=1S/C35H48N4O8/c1-4-6-12-27(41)36-24(3)30(25-10-8-7-9-11-25)46-34(44)28-26-13-14-35(47-26)29(28)32(42)39(18-21-40)31(35)33(43)38(15-5-2)17-16-37-19-22-45-23-20-37/h4-5,7-11,24,26,28-31,40H,1-2,6,12-23H2,3H3,(H,36,41)/t24-,26-,28+,29+,30-,31-,35+/m1/s1. The number of hydrogen-bond donors (Lipinski definition) is 2. The van der Waals surface area contributed by atoms with Crippen LogP contribution in [0.1, 0.15) is 44.3 Å². The molecule has 1 aromatic rings. The summed E-state index contributed by atoms with van der Waals surface area (Å²) >= 11 is 0. The summed E-state index contributed by atoms with van der Waals surface area (Å²) in [5.74, 6) is -3.35. The van der Waals surface area contributed by atoms with Crippen molar-refractivity contribution in [3.63, 3.8) is 0 Å². The van der Waals surface area contributed by atoms with Gasteiger partial charge in [-0.05, 0) is 31.7 Å². The number of carbonyl (C=O) groups is 4. The summed E-state index contributed by atoms with van der Waals surface area (Å²) in [6.07, 6.45) is 3.60. The highest BCUT2D eigenvalue weighted by Crippen LogP contribution is 2.59. The lowest BCUT2D eigenvalue weighted by Gasteiger charge is -2.37. The second kappa shape index (κ2) is 15.5. The predicted molar refractivity (Wildman–Crippen MR) is 173 cm³/mol. The highest BCUT2D eigenvalue weighted by atomic mass is 16.6. The molecule has 7 atom stereocenters. The molecule has 2 bridgehead atoms. The van der Waals surface area contributed by atoms with E-state index in [-0.39, 0.29) is 37.9 Å². The van der Waals surface area contributed by atoms with Crippen LogP contribution in [0.4, 0.5) is 0 Å². The summed E-state index contributed by atoms with van der Waals surface area (Å²) in [6, 6.07) is 7.60. The quantitative estimate of drug-likeness (QED) is 0.201. The second-order valence-electron chi connectivity index (χ2n) is 12.8. The van der Waals surface area contributed by atoms with Gasteiger partial charge in [-0.25, -0.2) is 0 Å². The molecule has 4 fully saturated rings. The first kappa shape index (κ1) is 34.7. The summed E-state index contributed by atoms with van der Waals surface area (Å²) < 4.78 is 18.2. The van der Waals surface area contributed by atoms with E-state index in [4.69, 9.17) is 14.2 Å². The van der Waals surface area contributed by atoms with Crippen LogP contribution in [-0.2, 0) is 33.4 Å². The molecular formula is C35H48N4O8. The molecule has 4 saturated heterocycles. The van der Waals surface area contributed by atoms with Gasteiger partial charge in [0.25, 0.3) is 0 Å². The minimum absolute atomic E-state index is 0.0604. The van der Waals surface area contributed by atoms with E-state index < -0.39 is 53.6 Å². The maximum atomic E-state index is 14.4. The number of aliphatic hydroxyl groups is 1. The zero-order valence-electron chi connectivity index (χ0n) is 27.3. The Morgan fingerprint density at radius 3 is 2.60 bits per heavy atom. The Kier molecular flexibility index (Phi) is 11.5. The molecule has 2 N–H and O–H groups in total. The molecule has 4 aliphatic rings. The third kappa shape index (κ3) is 7.15. The van der Waals surface area contributed by atoms with Crippen molar-refractivity contribution < 1.29 is 38.5 Å². The first-order valence-electron chi connectivity index (χ1n) is 16.7. The minimum atomic E-state index is -1.22. The Hall–Kier alpha value is -3.58. The largest absolute Gasteiger partial charge is 0.455 e. The SMILES string of the molecule is C=CCCC(=O)N[C@H](C)[C@@H](OC(=O)[C@@H]1[C@H]2C(=O)N(CCO)[C@H](C(=O)N(CC=C)CCN3CCOCC3)[C@]23CC[C@H]1O3)c1ccccc1. The zero-order chi connectivity index (χ0) is 33.6. The minimum Gasteiger partial charge on any atom is -0.455 e. The number of fused-ring (bicyclic) bond motifs is 1. The number of aliphatic hydroxyl groups excluding tert-OH is 1. The molecule has 12 heteroatoms. The summed E-state index contributed by atoms with van der Waals surface area (Å²) in [7, 11) is 0. The number of ether oxygens (including phenoxy) is 3. The molecule has 0 aromatic heterocycles. The lowest BCUT2D eigenvalue weighted by atomic mass is 9.70. The fraction of sp³-hybridized carbons (Fsp3) is 0.600. The van der Waals surface area contributed by atoms with Gasteiger partial charge in [0.1, 0.15) is 17.7 Å². The number of β-amino-alcohol motifs (C(OH)–C–C–N with tert-alkyl or cyclic N) is 1. The Morgan fingerprint density at radius 2 is 1.91 bits per heavy atom. The molecular weight excluding hydrogens is 604 g/mol. The van der Waals surface area contributed by atoms with Gasteiger partial charge in [-0.3, -0.25) is 24.1 Å². The molecule has 0 aliphatic carbocycles. The first-order chi connectivity index (χ1) is 22.7. The van der Waals surface area contributed by atoms with Gasteiger partial charge in [0.05, 0.1) is 43.8 Å². The first-order valence-corrected chi connectivity index (χ1v) is 16.7. The molecule has 0 unspecified atom stereocenters. The van der Waals surface area contributed by atoms with Gasteiger partial charge in [-0.2, -0.15) is 0 Å². The van der Waals surface area contributed by atoms with Crippen LogP contribution in [-0.4, -0.2) is 126 Å². The highest BCUT2D eigenvalue weighted by Gasteiger charge is 2.75. The smallest absolute Gasteiger partial charge is 0.313 e. The number of nitrogens with zero attached hydrogens (tertiary/aromatic N) is 3. The van der Waals surface area contributed by atoms with Crippen LogP contribution in [0, 0.1) is 11.8 Å². The lowest BCUT2D eigenvalue weighted by molar-refractivity contribution is -0.162. The third-order valence-electron chi connectivity index (χ3n) is 9.89. The fourth-order valence-corrected chi connectivity index (χ4v) is 7.70. The molecule has 0 radical (unpaired) electrons. The number of carbonyl (C=O) groups excluding carboxylic acids is 4. The van der Waals surface area contributed by atoms with Gasteiger partial charge in [-0.15, -0.1) is 13.2 Å². The lowest BCUT2D eigenvalue weighted by Crippen LogP contribution is -2.57. The van der Waals surface area contributed by atoms with Crippen LogP contribution in [0.5, 0.6) is 0 Å². The third-order valence-corrected chi connectivity index (χ3v) is 9.89. The van der Waals surface area contributed by atoms with Crippen LogP contribution < -0.4 is 5.32 Å². The molecule has 1 aromatic carbocycles. The molecule has 12 nitrogen and oxygen atoms in total. The van der Waals surface area contributed by atoms with Crippen molar-refractivity contribution in [1.82, 2.24) is 20.0 Å². The number of morpholine rings is 1. The van der Waals surface area contributed by atoms with Crippen molar-refractivity contribution in [2.45, 2.75) is 62.5 Å². The number of amides is 3. The Labute approximate surface area is 276 Å². The van der Waals surface area contributed by atoms with E-state index in [2.05, 4.69) is 23.4 Å². The number of rotatable bonds is 16. The average Bonchev–Trinajstić information content (AvgIpc) is 3.72. The van der Waals surface area contributed by atoms with Crippen LogP contribution in [0.25, 0.3) is 0 Å². The number of benzene rings is 1. The summed E-state index contributed by atoms with van der Waals surface area (Å²) in [5.41, 5.74) is -0.521. The van der Waals surface area contributed by atoms with Gasteiger partial charge in [-0.1, -0.05) is 42.5 Å². The Balaban J connectivity index is 1.39. The Bertz CT molecular complexity index is 1300. The average molecular weight is 653 g/mol. The monoisotopic (exact) mass is 652 g/mol. The Morgan fingerprint density at radius 1 is 1.17 bits per heavy atom. The van der Waals surface area contributed by atoms with Crippen LogP contribution in [0.15, 0.2) is 55.6 Å². The topological polar surface area (TPSA) is 138 Å². The van der Waals surface area contributed by atoms with E-state index >= 15 is 0 Å². The van der Waals surface area contributed by atoms with E-state index in [1.807, 2.05) is 30.3 Å². The normalized spacial score (nSPS) is 28.0. The number of esters is 1. The zero-order valence-corrected chi connectivity index (χ0v) is 27.3. The molecule has 47 heavy (non-hydrogen) atoms. The van der Waals surface area contributed by atoms with Crippen molar-refractivity contribution in [1.29, 1.82) is 0 Å². The molecule has 4 aliphatic heterocycles. The van der Waals surface area contributed by atoms with Gasteiger partial charge in [0.15, 0.2) is 0 Å². The van der Waals surface area contributed by atoms with Gasteiger partial charge < -0.3 is 34.4 Å². The van der Waals surface area contributed by atoms with Crippen LogP contribution >= 0.6 is 0 Å². The van der Waals surface area contributed by atoms with Crippen LogP contribution in [0.2, 0.25) is 0 Å². The van der Waals surface area contributed by atoms with Crippen molar-refractivity contribution in [2.75, 3.05) is 59.1 Å². The van der Waals surface area contributed by atoms with E-state index in [0.29, 0.717) is 51.1 Å². The number of hydrogen-bond acceptors (Lipinski definition) is 9. The molecule has 1 spiro atoms. The predicted octanol–water partition coefficient (Wildman–Crippen LogP) is 1.46. The highest BCUT2D eigenvalue weighted by molar-refractivity contribution is 5.98. The number of nitrogens with one attached hydrogen (secondary N) is 1. The van der Waals surface area contributed by atoms with Gasteiger partial charge in [0.2, 0.25) is 17.7 Å². The fourth-order valence-electron chi connectivity index (χ4n) is 7.70. The number of likely N-dealkylation sites (tertiary alicyclic amines) is 1. The molecule has 5 rings (SSSR count). The molecule has 0 saturated carbocycles. The maximum Gasteiger partial charge on any atom is 0.313 e. The summed E-state index contributed by atoms with van der Waals surface area (Å²) in [5, 5.41) is 12.9. The second-order valence-corrected chi connectivity index (χ2v) is 12.8. The maximum absolute atomic E-state index is 14.4. The van der Waals surface area contributed by atoms with Crippen molar-refractivity contribution in [3.8, 4) is 0 Å². The van der Waals surface area contributed by atoms with Crippen molar-refractivity contribution >= 4 is 23.7 Å². The van der Waals surface area contributed by atoms with Crippen molar-refractivity contribution in [2.24, 2.45) is 11.8 Å². The van der Waals surface area contributed by atoms with E-state index in [1.54, 1.807) is 24.0 Å². The van der Waals surface area contributed by atoms with E-state index in [0.717, 1.165) is 13.1 Å². The molecule has 3 amide bonds. The van der Waals surface area contributed by atoms with Crippen LogP contribution in [0.3, 0.4) is 0 Å². The molecule has 256 valence electrons. The molecule has 4 heterocycles. The number of allylic oxidation sites excluding steroid dienone is 1. The van der Waals surface area contributed by atoms with E-state index in [1.165, 1.54) is 4.90 Å².